The van der Waals surface area contributed by atoms with Gasteiger partial charge in [-0.05, 0) is 42.8 Å². The highest BCUT2D eigenvalue weighted by atomic mass is 35.5. The third kappa shape index (κ3) is 5.03. The topological polar surface area (TPSA) is 93.4 Å². The van der Waals surface area contributed by atoms with Gasteiger partial charge in [-0.1, -0.05) is 11.6 Å². The van der Waals surface area contributed by atoms with Crippen molar-refractivity contribution in [2.45, 2.75) is 13.0 Å². The third-order valence-corrected chi connectivity index (χ3v) is 3.86. The Morgan fingerprint density at radius 1 is 1.19 bits per heavy atom. The Bertz CT molecular complexity index is 912. The van der Waals surface area contributed by atoms with Crippen LogP contribution in [0, 0.1) is 11.3 Å². The van der Waals surface area contributed by atoms with E-state index in [2.05, 4.69) is 10.3 Å². The van der Waals surface area contributed by atoms with E-state index < -0.39 is 0 Å². The average Bonchev–Trinajstić information content (AvgIpc) is 3.31. The number of nitriles is 1. The second-order valence-corrected chi connectivity index (χ2v) is 6.03. The summed E-state index contributed by atoms with van der Waals surface area (Å²) in [5.74, 6) is 2.26. The Labute approximate surface area is 161 Å². The lowest BCUT2D eigenvalue weighted by molar-refractivity contribution is 0.197. The summed E-state index contributed by atoms with van der Waals surface area (Å²) in [5.41, 5.74) is 0.179. The van der Waals surface area contributed by atoms with E-state index in [-0.39, 0.29) is 18.2 Å². The van der Waals surface area contributed by atoms with Crippen molar-refractivity contribution in [1.82, 2.24) is 4.98 Å². The Morgan fingerprint density at radius 2 is 2.00 bits per heavy atom. The molecule has 0 spiro atoms. The van der Waals surface area contributed by atoms with Crippen LogP contribution in [0.5, 0.6) is 5.75 Å². The molecule has 8 heteroatoms. The zero-order chi connectivity index (χ0) is 19.1. The highest BCUT2D eigenvalue weighted by Gasteiger charge is 2.17. The van der Waals surface area contributed by atoms with E-state index >= 15 is 0 Å². The SMILES string of the molecule is COCCCNc1oc(-c2ccc(COc3ccc(Cl)cc3)o2)nc1C#N. The van der Waals surface area contributed by atoms with Gasteiger partial charge in [-0.3, -0.25) is 0 Å². The molecule has 0 aliphatic rings. The fraction of sp³-hybridized carbons (Fsp3) is 0.263. The predicted octanol–water partition coefficient (Wildman–Crippen LogP) is 4.49. The number of halogens is 1. The molecule has 1 N–H and O–H groups in total. The molecule has 27 heavy (non-hydrogen) atoms. The van der Waals surface area contributed by atoms with Gasteiger partial charge in [-0.2, -0.15) is 10.2 Å². The summed E-state index contributed by atoms with van der Waals surface area (Å²) in [7, 11) is 1.64. The minimum atomic E-state index is 0.179. The number of methoxy groups -OCH3 is 1. The molecule has 140 valence electrons. The van der Waals surface area contributed by atoms with Crippen LogP contribution in [0.25, 0.3) is 11.7 Å². The molecule has 0 atom stereocenters. The molecular weight excluding hydrogens is 370 g/mol. The van der Waals surface area contributed by atoms with Crippen molar-refractivity contribution in [3.63, 3.8) is 0 Å². The molecule has 1 aromatic carbocycles. The largest absolute Gasteiger partial charge is 0.486 e. The van der Waals surface area contributed by atoms with Crippen molar-refractivity contribution in [3.05, 3.63) is 52.9 Å². The maximum atomic E-state index is 9.22. The van der Waals surface area contributed by atoms with Gasteiger partial charge >= 0.3 is 0 Å². The average molecular weight is 388 g/mol. The molecule has 0 aliphatic carbocycles. The van der Waals surface area contributed by atoms with E-state index in [1.807, 2.05) is 6.07 Å². The Hall–Kier alpha value is -2.95. The van der Waals surface area contributed by atoms with Gasteiger partial charge in [0.1, 0.15) is 24.2 Å². The van der Waals surface area contributed by atoms with Crippen LogP contribution in [0.3, 0.4) is 0 Å². The molecule has 0 saturated carbocycles. The molecule has 0 bridgehead atoms. The summed E-state index contributed by atoms with van der Waals surface area (Å²) in [4.78, 5) is 4.17. The maximum absolute atomic E-state index is 9.22. The van der Waals surface area contributed by atoms with Crippen LogP contribution in [-0.2, 0) is 11.3 Å². The van der Waals surface area contributed by atoms with Gasteiger partial charge in [0.25, 0.3) is 5.89 Å². The number of nitrogens with one attached hydrogen (secondary N) is 1. The Morgan fingerprint density at radius 3 is 2.74 bits per heavy atom. The van der Waals surface area contributed by atoms with Crippen LogP contribution in [0.1, 0.15) is 17.9 Å². The number of rotatable bonds is 9. The zero-order valence-electron chi connectivity index (χ0n) is 14.7. The number of nitrogens with zero attached hydrogens (tertiary/aromatic N) is 2. The van der Waals surface area contributed by atoms with Crippen molar-refractivity contribution in [2.75, 3.05) is 25.6 Å². The number of aromatic nitrogens is 1. The molecule has 2 heterocycles. The first-order chi connectivity index (χ1) is 13.2. The summed E-state index contributed by atoms with van der Waals surface area (Å²) in [6.45, 7) is 1.47. The molecule has 7 nitrogen and oxygen atoms in total. The number of ether oxygens (including phenoxy) is 2. The van der Waals surface area contributed by atoms with Gasteiger partial charge in [0.05, 0.1) is 0 Å². The van der Waals surface area contributed by atoms with E-state index in [0.717, 1.165) is 6.42 Å². The molecule has 0 saturated heterocycles. The summed E-state index contributed by atoms with van der Waals surface area (Å²) >= 11 is 5.85. The number of anilines is 1. The number of hydrogen-bond donors (Lipinski definition) is 1. The van der Waals surface area contributed by atoms with Gasteiger partial charge in [0, 0.05) is 25.3 Å². The normalized spacial score (nSPS) is 10.6. The lowest BCUT2D eigenvalue weighted by Crippen LogP contribution is -2.04. The van der Waals surface area contributed by atoms with Crippen LogP contribution < -0.4 is 10.1 Å². The molecule has 0 fully saturated rings. The van der Waals surface area contributed by atoms with Crippen molar-refractivity contribution in [2.24, 2.45) is 0 Å². The van der Waals surface area contributed by atoms with Gasteiger partial charge in [-0.15, -0.1) is 0 Å². The Kier molecular flexibility index (Phi) is 6.36. The second kappa shape index (κ2) is 9.12. The number of oxazole rings is 1. The molecule has 3 aromatic rings. The van der Waals surface area contributed by atoms with Crippen molar-refractivity contribution in [3.8, 4) is 23.5 Å². The van der Waals surface area contributed by atoms with Gasteiger partial charge in [0.15, 0.2) is 5.76 Å². The zero-order valence-corrected chi connectivity index (χ0v) is 15.5. The van der Waals surface area contributed by atoms with Crippen LogP contribution in [-0.4, -0.2) is 25.2 Å². The fourth-order valence-corrected chi connectivity index (χ4v) is 2.42. The molecule has 2 aromatic heterocycles. The molecule has 0 radical (unpaired) electrons. The van der Waals surface area contributed by atoms with Gasteiger partial charge in [0.2, 0.25) is 11.6 Å². The van der Waals surface area contributed by atoms with Crippen LogP contribution in [0.2, 0.25) is 5.02 Å². The summed E-state index contributed by atoms with van der Waals surface area (Å²) in [6, 6.07) is 12.6. The van der Waals surface area contributed by atoms with E-state index in [9.17, 15) is 5.26 Å². The van der Waals surface area contributed by atoms with Crippen molar-refractivity contribution >= 4 is 17.5 Å². The summed E-state index contributed by atoms with van der Waals surface area (Å²) in [6.07, 6.45) is 0.782. The van der Waals surface area contributed by atoms with E-state index in [0.29, 0.717) is 41.3 Å². The first kappa shape index (κ1) is 18.8. The number of benzene rings is 1. The number of furan rings is 1. The van der Waals surface area contributed by atoms with Crippen LogP contribution in [0.15, 0.2) is 45.2 Å². The van der Waals surface area contributed by atoms with E-state index in [1.54, 1.807) is 43.5 Å². The van der Waals surface area contributed by atoms with Crippen molar-refractivity contribution < 1.29 is 18.3 Å². The number of hydrogen-bond acceptors (Lipinski definition) is 7. The van der Waals surface area contributed by atoms with E-state index in [1.165, 1.54) is 0 Å². The lowest BCUT2D eigenvalue weighted by Gasteiger charge is -2.03. The highest BCUT2D eigenvalue weighted by molar-refractivity contribution is 6.30. The molecular formula is C19H18ClN3O4. The standard InChI is InChI=1S/C19H18ClN3O4/c1-24-10-2-9-22-18-16(11-21)23-19(27-18)17-8-7-15(26-17)12-25-14-5-3-13(20)4-6-14/h3-8,22H,2,9-10,12H2,1H3. The smallest absolute Gasteiger partial charge is 0.266 e. The third-order valence-electron chi connectivity index (χ3n) is 3.61. The molecule has 0 unspecified atom stereocenters. The van der Waals surface area contributed by atoms with Crippen LogP contribution >= 0.6 is 11.6 Å². The first-order valence-electron chi connectivity index (χ1n) is 8.31. The molecule has 0 amide bonds. The molecule has 0 aliphatic heterocycles. The minimum Gasteiger partial charge on any atom is -0.486 e. The quantitative estimate of drug-likeness (QED) is 0.540. The second-order valence-electron chi connectivity index (χ2n) is 5.59. The minimum absolute atomic E-state index is 0.179. The monoisotopic (exact) mass is 387 g/mol. The fourth-order valence-electron chi connectivity index (χ4n) is 2.30. The van der Waals surface area contributed by atoms with Crippen molar-refractivity contribution in [1.29, 1.82) is 5.26 Å². The van der Waals surface area contributed by atoms with Crippen LogP contribution in [0.4, 0.5) is 5.88 Å². The predicted molar refractivity (Wildman–Crippen MR) is 99.7 cm³/mol. The highest BCUT2D eigenvalue weighted by Crippen LogP contribution is 2.27. The summed E-state index contributed by atoms with van der Waals surface area (Å²) in [5, 5.41) is 12.9. The summed E-state index contributed by atoms with van der Waals surface area (Å²) < 4.78 is 22.0. The maximum Gasteiger partial charge on any atom is 0.266 e. The Balaban J connectivity index is 1.64. The van der Waals surface area contributed by atoms with Gasteiger partial charge in [-0.25, -0.2) is 0 Å². The van der Waals surface area contributed by atoms with E-state index in [4.69, 9.17) is 29.9 Å². The molecule has 3 rings (SSSR count). The first-order valence-corrected chi connectivity index (χ1v) is 8.68. The lowest BCUT2D eigenvalue weighted by atomic mass is 10.3. The van der Waals surface area contributed by atoms with Gasteiger partial charge < -0.3 is 23.6 Å².